The van der Waals surface area contributed by atoms with Crippen LogP contribution in [-0.2, 0) is 0 Å². The van der Waals surface area contributed by atoms with E-state index in [1.165, 1.54) is 32.1 Å². The van der Waals surface area contributed by atoms with E-state index in [4.69, 9.17) is 5.73 Å². The first-order valence-corrected chi connectivity index (χ1v) is 8.41. The summed E-state index contributed by atoms with van der Waals surface area (Å²) in [6.07, 6.45) is 6.30. The third-order valence-electron chi connectivity index (χ3n) is 3.83. The molecule has 3 N–H and O–H groups in total. The van der Waals surface area contributed by atoms with Gasteiger partial charge in [0, 0.05) is 20.4 Å². The minimum atomic E-state index is 0.516. The van der Waals surface area contributed by atoms with Crippen molar-refractivity contribution in [1.82, 2.24) is 15.2 Å². The maximum absolute atomic E-state index is 6.11. The van der Waals surface area contributed by atoms with Gasteiger partial charge in [-0.2, -0.15) is 5.10 Å². The van der Waals surface area contributed by atoms with Crippen LogP contribution in [0, 0.1) is 0 Å². The van der Waals surface area contributed by atoms with E-state index in [1.54, 1.807) is 0 Å². The lowest BCUT2D eigenvalue weighted by Gasteiger charge is -2.18. The molecule has 0 radical (unpaired) electrons. The number of rotatable bonds is 2. The summed E-state index contributed by atoms with van der Waals surface area (Å²) in [4.78, 5) is 4.66. The summed E-state index contributed by atoms with van der Waals surface area (Å²) < 4.78 is 1.81. The molecule has 0 aliphatic heterocycles. The molecule has 1 aromatic heterocycles. The molecule has 2 aromatic rings. The zero-order chi connectivity index (χ0) is 14.1. The van der Waals surface area contributed by atoms with Crippen LogP contribution in [0.2, 0.25) is 0 Å². The van der Waals surface area contributed by atoms with Crippen molar-refractivity contribution in [3.63, 3.8) is 0 Å². The van der Waals surface area contributed by atoms with Crippen LogP contribution in [0.15, 0.2) is 21.1 Å². The summed E-state index contributed by atoms with van der Waals surface area (Å²) in [6.45, 7) is 0. The number of nitrogens with two attached hydrogens (primary N) is 1. The van der Waals surface area contributed by atoms with Crippen LogP contribution < -0.4 is 5.73 Å². The molecule has 1 fully saturated rings. The Balaban J connectivity index is 1.93. The number of hydrogen-bond acceptors (Lipinski definition) is 3. The Kier molecular flexibility index (Phi) is 4.12. The van der Waals surface area contributed by atoms with Gasteiger partial charge < -0.3 is 5.73 Å². The van der Waals surface area contributed by atoms with Gasteiger partial charge in [0.25, 0.3) is 0 Å². The molecule has 1 saturated carbocycles. The van der Waals surface area contributed by atoms with E-state index < -0.39 is 0 Å². The molecule has 6 heteroatoms. The molecule has 4 nitrogen and oxygen atoms in total. The van der Waals surface area contributed by atoms with E-state index in [0.29, 0.717) is 17.4 Å². The Hall–Kier alpha value is -0.880. The Morgan fingerprint density at radius 2 is 1.90 bits per heavy atom. The predicted octanol–water partition coefficient (Wildman–Crippen LogP) is 4.63. The number of aromatic nitrogens is 3. The fourth-order valence-electron chi connectivity index (χ4n) is 2.72. The number of nitrogens with zero attached hydrogens (tertiary/aromatic N) is 2. The van der Waals surface area contributed by atoms with Gasteiger partial charge in [-0.25, -0.2) is 4.98 Å². The highest BCUT2D eigenvalue weighted by Gasteiger charge is 2.20. The highest BCUT2D eigenvalue weighted by molar-refractivity contribution is 9.11. The molecule has 0 saturated heterocycles. The lowest BCUT2D eigenvalue weighted by atomic mass is 9.89. The predicted molar refractivity (Wildman–Crippen MR) is 87.5 cm³/mol. The highest BCUT2D eigenvalue weighted by atomic mass is 79.9. The van der Waals surface area contributed by atoms with E-state index in [1.807, 2.05) is 12.1 Å². The molecule has 0 atom stereocenters. The van der Waals surface area contributed by atoms with E-state index in [-0.39, 0.29) is 0 Å². The van der Waals surface area contributed by atoms with Crippen molar-refractivity contribution in [1.29, 1.82) is 0 Å². The third-order valence-corrected chi connectivity index (χ3v) is 4.94. The molecule has 1 heterocycles. The third kappa shape index (κ3) is 2.76. The number of nitrogen functional groups attached to an aromatic ring is 1. The first kappa shape index (κ1) is 14.1. The molecule has 106 valence electrons. The van der Waals surface area contributed by atoms with Crippen molar-refractivity contribution in [3.8, 4) is 11.4 Å². The smallest absolute Gasteiger partial charge is 0.183 e. The van der Waals surface area contributed by atoms with Gasteiger partial charge in [0.2, 0.25) is 0 Å². The fourth-order valence-corrected chi connectivity index (χ4v) is 3.95. The van der Waals surface area contributed by atoms with Gasteiger partial charge in [0.1, 0.15) is 5.82 Å². The van der Waals surface area contributed by atoms with Crippen LogP contribution in [0.3, 0.4) is 0 Å². The van der Waals surface area contributed by atoms with E-state index in [0.717, 1.165) is 20.3 Å². The molecule has 0 unspecified atom stereocenters. The van der Waals surface area contributed by atoms with Crippen molar-refractivity contribution >= 4 is 37.5 Å². The Morgan fingerprint density at radius 3 is 2.65 bits per heavy atom. The average Bonchev–Trinajstić information content (AvgIpc) is 2.93. The maximum Gasteiger partial charge on any atom is 0.183 e. The maximum atomic E-state index is 6.11. The molecule has 1 aromatic carbocycles. The normalized spacial score (nSPS) is 16.5. The average molecular weight is 400 g/mol. The Bertz CT molecular complexity index is 618. The van der Waals surface area contributed by atoms with E-state index in [9.17, 15) is 0 Å². The molecule has 3 rings (SSSR count). The number of anilines is 1. The minimum absolute atomic E-state index is 0.516. The van der Waals surface area contributed by atoms with Gasteiger partial charge in [-0.1, -0.05) is 35.2 Å². The quantitative estimate of drug-likeness (QED) is 0.723. The lowest BCUT2D eigenvalue weighted by Crippen LogP contribution is -2.06. The van der Waals surface area contributed by atoms with Crippen molar-refractivity contribution in [2.24, 2.45) is 0 Å². The Morgan fingerprint density at radius 1 is 1.15 bits per heavy atom. The van der Waals surface area contributed by atoms with Crippen molar-refractivity contribution in [2.45, 2.75) is 38.0 Å². The number of benzene rings is 1. The summed E-state index contributed by atoms with van der Waals surface area (Å²) in [5, 5.41) is 7.44. The van der Waals surface area contributed by atoms with E-state index >= 15 is 0 Å². The van der Waals surface area contributed by atoms with Crippen molar-refractivity contribution in [2.75, 3.05) is 5.73 Å². The van der Waals surface area contributed by atoms with Gasteiger partial charge in [0.05, 0.1) is 5.69 Å². The first-order valence-electron chi connectivity index (χ1n) is 6.82. The monoisotopic (exact) mass is 398 g/mol. The molecule has 0 bridgehead atoms. The standard InChI is InChI=1S/C14H16Br2N4/c15-9-6-10(12(17)11(16)7-9)14-18-13(19-20-14)8-4-2-1-3-5-8/h6-8H,1-5,17H2,(H,18,19,20). The first-order chi connectivity index (χ1) is 9.65. The summed E-state index contributed by atoms with van der Waals surface area (Å²) in [7, 11) is 0. The largest absolute Gasteiger partial charge is 0.397 e. The molecular formula is C14H16Br2N4. The number of halogens is 2. The second-order valence-corrected chi connectivity index (χ2v) is 7.00. The molecule has 20 heavy (non-hydrogen) atoms. The van der Waals surface area contributed by atoms with Crippen LogP contribution in [0.5, 0.6) is 0 Å². The number of nitrogens with one attached hydrogen (secondary N) is 1. The van der Waals surface area contributed by atoms with Crippen molar-refractivity contribution < 1.29 is 0 Å². The summed E-state index contributed by atoms with van der Waals surface area (Å²) in [5.41, 5.74) is 7.63. The molecule has 1 aliphatic rings. The molecule has 1 aliphatic carbocycles. The van der Waals surface area contributed by atoms with Crippen LogP contribution in [0.4, 0.5) is 5.69 Å². The number of H-pyrrole nitrogens is 1. The molecule has 0 spiro atoms. The van der Waals surface area contributed by atoms with Crippen LogP contribution in [0.25, 0.3) is 11.4 Å². The second kappa shape index (κ2) is 5.85. The van der Waals surface area contributed by atoms with Crippen LogP contribution >= 0.6 is 31.9 Å². The topological polar surface area (TPSA) is 67.6 Å². The van der Waals surface area contributed by atoms with Crippen LogP contribution in [0.1, 0.15) is 43.8 Å². The zero-order valence-electron chi connectivity index (χ0n) is 11.0. The summed E-state index contributed by atoms with van der Waals surface area (Å²) >= 11 is 6.93. The van der Waals surface area contributed by atoms with Crippen LogP contribution in [-0.4, -0.2) is 15.2 Å². The van der Waals surface area contributed by atoms with E-state index in [2.05, 4.69) is 47.0 Å². The van der Waals surface area contributed by atoms with Crippen molar-refractivity contribution in [3.05, 3.63) is 26.9 Å². The SMILES string of the molecule is Nc1c(Br)cc(Br)cc1-c1n[nH]c(C2CCCCC2)n1. The highest BCUT2D eigenvalue weighted by Crippen LogP contribution is 2.35. The number of hydrogen-bond donors (Lipinski definition) is 2. The Labute approximate surface area is 134 Å². The minimum Gasteiger partial charge on any atom is -0.397 e. The zero-order valence-corrected chi connectivity index (χ0v) is 14.2. The molecule has 0 amide bonds. The lowest BCUT2D eigenvalue weighted by molar-refractivity contribution is 0.429. The van der Waals surface area contributed by atoms with Gasteiger partial charge in [-0.05, 0) is 40.9 Å². The molecular weight excluding hydrogens is 384 g/mol. The summed E-state index contributed by atoms with van der Waals surface area (Å²) in [5.74, 6) is 2.18. The van der Waals surface area contributed by atoms with Gasteiger partial charge in [-0.15, -0.1) is 0 Å². The van der Waals surface area contributed by atoms with Gasteiger partial charge in [0.15, 0.2) is 5.82 Å². The summed E-state index contributed by atoms with van der Waals surface area (Å²) in [6, 6.07) is 3.88. The second-order valence-electron chi connectivity index (χ2n) is 5.23. The fraction of sp³-hybridized carbons (Fsp3) is 0.429. The van der Waals surface area contributed by atoms with Gasteiger partial charge in [-0.3, -0.25) is 5.10 Å². The van der Waals surface area contributed by atoms with Gasteiger partial charge >= 0.3 is 0 Å². The number of aromatic amines is 1.